The molecule has 0 bridgehead atoms. The van der Waals surface area contributed by atoms with Crippen LogP contribution in [0.2, 0.25) is 0 Å². The largest absolute Gasteiger partial charge is 0.506 e. The molecule has 0 saturated carbocycles. The van der Waals surface area contributed by atoms with Crippen LogP contribution in [-0.2, 0) is 0 Å². The Bertz CT molecular complexity index is 538. The molecule has 0 heterocycles. The molecule has 0 spiro atoms. The van der Waals surface area contributed by atoms with E-state index in [1.165, 1.54) is 18.2 Å². The van der Waals surface area contributed by atoms with Gasteiger partial charge < -0.3 is 15.6 Å². The van der Waals surface area contributed by atoms with Crippen LogP contribution in [0.4, 0.5) is 5.69 Å². The number of esters is 1. The van der Waals surface area contributed by atoms with Gasteiger partial charge in [-0.05, 0) is 24.3 Å². The Hall–Kier alpha value is -2.49. The van der Waals surface area contributed by atoms with Gasteiger partial charge in [0.2, 0.25) is 0 Å². The summed E-state index contributed by atoms with van der Waals surface area (Å²) in [6.45, 7) is 0. The van der Waals surface area contributed by atoms with Gasteiger partial charge in [0, 0.05) is 6.07 Å². The topological polar surface area (TPSA) is 72.5 Å². The molecular weight excluding hydrogens is 218 g/mol. The van der Waals surface area contributed by atoms with Crippen molar-refractivity contribution >= 4 is 11.7 Å². The fourth-order valence-corrected chi connectivity index (χ4v) is 1.33. The van der Waals surface area contributed by atoms with Crippen molar-refractivity contribution in [1.82, 2.24) is 0 Å². The van der Waals surface area contributed by atoms with Gasteiger partial charge in [-0.25, -0.2) is 4.79 Å². The zero-order valence-electron chi connectivity index (χ0n) is 8.96. The summed E-state index contributed by atoms with van der Waals surface area (Å²) < 4.78 is 5.08. The number of phenols is 1. The third-order valence-electron chi connectivity index (χ3n) is 2.22. The zero-order chi connectivity index (χ0) is 12.3. The van der Waals surface area contributed by atoms with Crippen molar-refractivity contribution in [3.8, 4) is 11.5 Å². The van der Waals surface area contributed by atoms with Crippen LogP contribution in [0.3, 0.4) is 0 Å². The lowest BCUT2D eigenvalue weighted by Gasteiger charge is -2.05. The van der Waals surface area contributed by atoms with Crippen LogP contribution >= 0.6 is 0 Å². The van der Waals surface area contributed by atoms with Crippen molar-refractivity contribution in [1.29, 1.82) is 0 Å². The third-order valence-corrected chi connectivity index (χ3v) is 2.22. The van der Waals surface area contributed by atoms with Crippen LogP contribution in [0.25, 0.3) is 0 Å². The molecule has 0 aromatic heterocycles. The number of aromatic hydroxyl groups is 1. The maximum absolute atomic E-state index is 11.7. The lowest BCUT2D eigenvalue weighted by Crippen LogP contribution is -2.08. The molecule has 0 unspecified atom stereocenters. The molecule has 4 nitrogen and oxygen atoms in total. The van der Waals surface area contributed by atoms with Crippen LogP contribution in [0.5, 0.6) is 11.5 Å². The summed E-state index contributed by atoms with van der Waals surface area (Å²) in [7, 11) is 0. The Morgan fingerprint density at radius 1 is 1.12 bits per heavy atom. The number of anilines is 1. The van der Waals surface area contributed by atoms with Crippen molar-refractivity contribution in [3.63, 3.8) is 0 Å². The minimum atomic E-state index is -0.477. The zero-order valence-corrected chi connectivity index (χ0v) is 8.96. The van der Waals surface area contributed by atoms with Crippen LogP contribution < -0.4 is 10.5 Å². The Balaban J connectivity index is 2.16. The Morgan fingerprint density at radius 2 is 1.82 bits per heavy atom. The molecule has 0 aliphatic carbocycles. The second kappa shape index (κ2) is 4.57. The second-order valence-corrected chi connectivity index (χ2v) is 3.48. The van der Waals surface area contributed by atoms with Gasteiger partial charge >= 0.3 is 5.97 Å². The number of hydrogen-bond donors (Lipinski definition) is 2. The van der Waals surface area contributed by atoms with E-state index in [1.54, 1.807) is 24.3 Å². The smallest absolute Gasteiger partial charge is 0.343 e. The lowest BCUT2D eigenvalue weighted by atomic mass is 10.2. The normalized spacial score (nSPS) is 9.88. The standard InChI is InChI=1S/C13H11NO3/c14-11-7-6-10(8-12(11)15)17-13(16)9-4-2-1-3-5-9/h1-8,15H,14H2. The van der Waals surface area contributed by atoms with Crippen LogP contribution in [-0.4, -0.2) is 11.1 Å². The average molecular weight is 229 g/mol. The molecule has 0 amide bonds. The molecule has 0 fully saturated rings. The molecule has 4 heteroatoms. The van der Waals surface area contributed by atoms with Crippen LogP contribution in [0.15, 0.2) is 48.5 Å². The van der Waals surface area contributed by atoms with Gasteiger partial charge in [0.05, 0.1) is 11.3 Å². The highest BCUT2D eigenvalue weighted by atomic mass is 16.5. The van der Waals surface area contributed by atoms with Gasteiger partial charge in [0.15, 0.2) is 0 Å². The van der Waals surface area contributed by atoms with Crippen molar-refractivity contribution in [2.75, 3.05) is 5.73 Å². The van der Waals surface area contributed by atoms with E-state index >= 15 is 0 Å². The van der Waals surface area contributed by atoms with Crippen molar-refractivity contribution < 1.29 is 14.6 Å². The first kappa shape index (κ1) is 11.0. The molecule has 2 rings (SSSR count). The van der Waals surface area contributed by atoms with E-state index in [9.17, 15) is 9.90 Å². The number of hydrogen-bond acceptors (Lipinski definition) is 4. The number of rotatable bonds is 2. The molecule has 0 aliphatic rings. The number of benzene rings is 2. The monoisotopic (exact) mass is 229 g/mol. The molecule has 3 N–H and O–H groups in total. The fourth-order valence-electron chi connectivity index (χ4n) is 1.33. The number of carbonyl (C=O) groups is 1. The minimum absolute atomic E-state index is 0.108. The average Bonchev–Trinajstić information content (AvgIpc) is 2.35. The summed E-state index contributed by atoms with van der Waals surface area (Å²) >= 11 is 0. The molecule has 0 aliphatic heterocycles. The van der Waals surface area contributed by atoms with Crippen LogP contribution in [0, 0.1) is 0 Å². The highest BCUT2D eigenvalue weighted by Crippen LogP contribution is 2.25. The van der Waals surface area contributed by atoms with Gasteiger partial charge in [-0.15, -0.1) is 0 Å². The van der Waals surface area contributed by atoms with Gasteiger partial charge in [-0.3, -0.25) is 0 Å². The maximum Gasteiger partial charge on any atom is 0.343 e. The highest BCUT2D eigenvalue weighted by Gasteiger charge is 2.08. The van der Waals surface area contributed by atoms with E-state index in [4.69, 9.17) is 10.5 Å². The van der Waals surface area contributed by atoms with E-state index < -0.39 is 5.97 Å². The van der Waals surface area contributed by atoms with E-state index in [-0.39, 0.29) is 17.2 Å². The highest BCUT2D eigenvalue weighted by molar-refractivity contribution is 5.91. The Morgan fingerprint density at radius 3 is 2.47 bits per heavy atom. The van der Waals surface area contributed by atoms with E-state index in [0.717, 1.165) is 0 Å². The predicted molar refractivity (Wildman–Crippen MR) is 63.9 cm³/mol. The van der Waals surface area contributed by atoms with Gasteiger partial charge in [-0.1, -0.05) is 18.2 Å². The summed E-state index contributed by atoms with van der Waals surface area (Å²) in [5.74, 6) is -0.330. The molecule has 2 aromatic carbocycles. The Labute approximate surface area is 98.3 Å². The molecule has 86 valence electrons. The van der Waals surface area contributed by atoms with Crippen LogP contribution in [0.1, 0.15) is 10.4 Å². The molecule has 17 heavy (non-hydrogen) atoms. The Kier molecular flexibility index (Phi) is 2.96. The van der Waals surface area contributed by atoms with Crippen molar-refractivity contribution in [2.45, 2.75) is 0 Å². The number of carbonyl (C=O) groups excluding carboxylic acids is 1. The first-order valence-electron chi connectivity index (χ1n) is 5.02. The first-order valence-corrected chi connectivity index (χ1v) is 5.02. The third kappa shape index (κ3) is 2.55. The van der Waals surface area contributed by atoms with Crippen molar-refractivity contribution in [2.24, 2.45) is 0 Å². The molecule has 0 radical (unpaired) electrons. The molecular formula is C13H11NO3. The SMILES string of the molecule is Nc1ccc(OC(=O)c2ccccc2)cc1O. The van der Waals surface area contributed by atoms with Gasteiger partial charge in [0.1, 0.15) is 11.5 Å². The van der Waals surface area contributed by atoms with E-state index in [2.05, 4.69) is 0 Å². The number of phenolic OH excluding ortho intramolecular Hbond substituents is 1. The molecule has 2 aromatic rings. The lowest BCUT2D eigenvalue weighted by molar-refractivity contribution is 0.0734. The number of ether oxygens (including phenoxy) is 1. The quantitative estimate of drug-likeness (QED) is 0.358. The van der Waals surface area contributed by atoms with Gasteiger partial charge in [-0.2, -0.15) is 0 Å². The predicted octanol–water partition coefficient (Wildman–Crippen LogP) is 2.19. The summed E-state index contributed by atoms with van der Waals surface area (Å²) in [6.07, 6.45) is 0. The van der Waals surface area contributed by atoms with E-state index in [0.29, 0.717) is 5.56 Å². The summed E-state index contributed by atoms with van der Waals surface area (Å²) in [5.41, 5.74) is 6.13. The summed E-state index contributed by atoms with van der Waals surface area (Å²) in [4.78, 5) is 11.7. The van der Waals surface area contributed by atoms with E-state index in [1.807, 2.05) is 6.07 Å². The van der Waals surface area contributed by atoms with Gasteiger partial charge in [0.25, 0.3) is 0 Å². The second-order valence-electron chi connectivity index (χ2n) is 3.48. The maximum atomic E-state index is 11.7. The number of nitrogen functional groups attached to an aromatic ring is 1. The first-order chi connectivity index (χ1) is 8.16. The number of nitrogens with two attached hydrogens (primary N) is 1. The summed E-state index contributed by atoms with van der Waals surface area (Å²) in [5, 5.41) is 9.37. The van der Waals surface area contributed by atoms with Crippen molar-refractivity contribution in [3.05, 3.63) is 54.1 Å². The summed E-state index contributed by atoms with van der Waals surface area (Å²) in [6, 6.07) is 12.9. The minimum Gasteiger partial charge on any atom is -0.506 e. The fraction of sp³-hybridized carbons (Fsp3) is 0. The molecule has 0 saturated heterocycles. The molecule has 0 atom stereocenters.